The predicted octanol–water partition coefficient (Wildman–Crippen LogP) is 2.34. The van der Waals surface area contributed by atoms with Gasteiger partial charge in [-0.2, -0.15) is 0 Å². The number of anilines is 2. The monoisotopic (exact) mass is 320 g/mol. The number of carbonyl (C=O) groups is 1. The lowest BCUT2D eigenvalue weighted by Crippen LogP contribution is -2.28. The fourth-order valence-electron chi connectivity index (χ4n) is 2.00. The molecule has 118 valence electrons. The van der Waals surface area contributed by atoms with Gasteiger partial charge in [0.1, 0.15) is 11.5 Å². The number of benzene rings is 1. The lowest BCUT2D eigenvalue weighted by molar-refractivity contribution is 0.0948. The Kier molecular flexibility index (Phi) is 7.19. The molecule has 0 aliphatic heterocycles. The summed E-state index contributed by atoms with van der Waals surface area (Å²) in [6, 6.07) is 15.2. The molecule has 0 fully saturated rings. The van der Waals surface area contributed by atoms with Gasteiger partial charge in [0, 0.05) is 25.8 Å². The molecule has 2 aromatic rings. The smallest absolute Gasteiger partial charge is 0.269 e. The minimum Gasteiger partial charge on any atom is -0.384 e. The number of halogens is 1. The van der Waals surface area contributed by atoms with E-state index in [-0.39, 0.29) is 18.3 Å². The van der Waals surface area contributed by atoms with E-state index in [9.17, 15) is 4.79 Å². The van der Waals surface area contributed by atoms with Gasteiger partial charge in [-0.15, -0.1) is 12.4 Å². The normalized spacial score (nSPS) is 9.68. The van der Waals surface area contributed by atoms with Crippen LogP contribution in [0.3, 0.4) is 0 Å². The van der Waals surface area contributed by atoms with E-state index in [4.69, 9.17) is 5.73 Å². The molecule has 1 aromatic heterocycles. The number of para-hydroxylation sites is 1. The molecule has 1 amide bonds. The van der Waals surface area contributed by atoms with Crippen molar-refractivity contribution in [1.82, 2.24) is 10.3 Å². The molecule has 0 saturated carbocycles. The maximum absolute atomic E-state index is 11.9. The number of hydrogen-bond donors (Lipinski definition) is 2. The van der Waals surface area contributed by atoms with Crippen LogP contribution >= 0.6 is 12.4 Å². The highest BCUT2D eigenvalue weighted by Crippen LogP contribution is 2.10. The van der Waals surface area contributed by atoms with Crippen LogP contribution in [0, 0.1) is 0 Å². The molecule has 2 rings (SSSR count). The van der Waals surface area contributed by atoms with E-state index < -0.39 is 0 Å². The zero-order chi connectivity index (χ0) is 15.1. The lowest BCUT2D eigenvalue weighted by Gasteiger charge is -2.19. The summed E-state index contributed by atoms with van der Waals surface area (Å²) < 4.78 is 0. The summed E-state index contributed by atoms with van der Waals surface area (Å²) in [7, 11) is 2.04. The number of nitrogen functional groups attached to an aromatic ring is 1. The minimum absolute atomic E-state index is 0. The van der Waals surface area contributed by atoms with E-state index in [1.54, 1.807) is 18.2 Å². The van der Waals surface area contributed by atoms with Gasteiger partial charge in [0.2, 0.25) is 0 Å². The molecule has 5 nitrogen and oxygen atoms in total. The molecule has 1 aromatic carbocycles. The minimum atomic E-state index is -0.190. The summed E-state index contributed by atoms with van der Waals surface area (Å²) >= 11 is 0. The molecule has 0 atom stereocenters. The average molecular weight is 321 g/mol. The molecule has 3 N–H and O–H groups in total. The van der Waals surface area contributed by atoms with Gasteiger partial charge in [-0.3, -0.25) is 4.79 Å². The fraction of sp³-hybridized carbons (Fsp3) is 0.250. The quantitative estimate of drug-likeness (QED) is 0.801. The first kappa shape index (κ1) is 17.8. The largest absolute Gasteiger partial charge is 0.384 e. The number of amides is 1. The standard InChI is InChI=1S/C16H20N4O.ClH/c1-20(13-7-3-2-4-8-13)12-6-11-18-16(21)14-9-5-10-15(17)19-14;/h2-5,7-10H,6,11-12H2,1H3,(H2,17,19)(H,18,21);1H. The first-order valence-electron chi connectivity index (χ1n) is 6.94. The van der Waals surface area contributed by atoms with Crippen molar-refractivity contribution in [2.75, 3.05) is 30.8 Å². The number of nitrogens with two attached hydrogens (primary N) is 1. The van der Waals surface area contributed by atoms with E-state index in [1.165, 1.54) is 5.69 Å². The third-order valence-electron chi connectivity index (χ3n) is 3.16. The number of aromatic nitrogens is 1. The summed E-state index contributed by atoms with van der Waals surface area (Å²) in [6.07, 6.45) is 0.861. The number of pyridine rings is 1. The second-order valence-electron chi connectivity index (χ2n) is 4.81. The van der Waals surface area contributed by atoms with Gasteiger partial charge < -0.3 is 16.0 Å². The highest BCUT2D eigenvalue weighted by atomic mass is 35.5. The summed E-state index contributed by atoms with van der Waals surface area (Å²) in [5.74, 6) is 0.163. The zero-order valence-electron chi connectivity index (χ0n) is 12.5. The lowest BCUT2D eigenvalue weighted by atomic mass is 10.3. The van der Waals surface area contributed by atoms with E-state index in [0.717, 1.165) is 13.0 Å². The third kappa shape index (κ3) is 5.26. The number of nitrogens with zero attached hydrogens (tertiary/aromatic N) is 2. The van der Waals surface area contributed by atoms with Crippen molar-refractivity contribution in [1.29, 1.82) is 0 Å². The van der Waals surface area contributed by atoms with E-state index in [2.05, 4.69) is 27.3 Å². The topological polar surface area (TPSA) is 71.2 Å². The third-order valence-corrected chi connectivity index (χ3v) is 3.16. The average Bonchev–Trinajstić information content (AvgIpc) is 2.52. The van der Waals surface area contributed by atoms with Crippen LogP contribution in [-0.4, -0.2) is 31.0 Å². The first-order chi connectivity index (χ1) is 10.2. The summed E-state index contributed by atoms with van der Waals surface area (Å²) in [4.78, 5) is 18.0. The van der Waals surface area contributed by atoms with Crippen molar-refractivity contribution >= 4 is 29.8 Å². The zero-order valence-corrected chi connectivity index (χ0v) is 13.3. The molecule has 0 spiro atoms. The predicted molar refractivity (Wildman–Crippen MR) is 92.6 cm³/mol. The van der Waals surface area contributed by atoms with Gasteiger partial charge in [-0.05, 0) is 30.7 Å². The van der Waals surface area contributed by atoms with Crippen molar-refractivity contribution in [2.45, 2.75) is 6.42 Å². The van der Waals surface area contributed by atoms with Crippen LogP contribution in [0.4, 0.5) is 11.5 Å². The van der Waals surface area contributed by atoms with Crippen molar-refractivity contribution < 1.29 is 4.79 Å². The van der Waals surface area contributed by atoms with Crippen LogP contribution < -0.4 is 16.0 Å². The number of hydrogen-bond acceptors (Lipinski definition) is 4. The second kappa shape index (κ2) is 8.89. The Labute approximate surface area is 136 Å². The molecule has 1 heterocycles. The summed E-state index contributed by atoms with van der Waals surface area (Å²) in [5.41, 5.74) is 7.08. The van der Waals surface area contributed by atoms with Crippen molar-refractivity contribution in [3.8, 4) is 0 Å². The maximum Gasteiger partial charge on any atom is 0.269 e. The van der Waals surface area contributed by atoms with Crippen LogP contribution in [-0.2, 0) is 0 Å². The van der Waals surface area contributed by atoms with E-state index in [1.807, 2.05) is 25.2 Å². The Bertz CT molecular complexity index is 592. The van der Waals surface area contributed by atoms with Crippen molar-refractivity contribution in [3.63, 3.8) is 0 Å². The Morgan fingerprint density at radius 3 is 2.59 bits per heavy atom. The first-order valence-corrected chi connectivity index (χ1v) is 6.94. The molecule has 0 saturated heterocycles. The number of rotatable bonds is 6. The molecule has 0 aliphatic carbocycles. The maximum atomic E-state index is 11.9. The summed E-state index contributed by atoms with van der Waals surface area (Å²) in [5, 5.41) is 2.85. The van der Waals surface area contributed by atoms with E-state index in [0.29, 0.717) is 18.1 Å². The van der Waals surface area contributed by atoms with Crippen molar-refractivity contribution in [3.05, 3.63) is 54.2 Å². The van der Waals surface area contributed by atoms with Gasteiger partial charge in [0.15, 0.2) is 0 Å². The Morgan fingerprint density at radius 1 is 1.18 bits per heavy atom. The SMILES string of the molecule is CN(CCCNC(=O)c1cccc(N)n1)c1ccccc1.Cl. The van der Waals surface area contributed by atoms with Gasteiger partial charge in [-0.25, -0.2) is 4.98 Å². The molecular formula is C16H21ClN4O. The highest BCUT2D eigenvalue weighted by Gasteiger charge is 2.06. The Hall–Kier alpha value is -2.27. The highest BCUT2D eigenvalue weighted by molar-refractivity contribution is 5.92. The van der Waals surface area contributed by atoms with Gasteiger partial charge in [0.25, 0.3) is 5.91 Å². The molecule has 0 bridgehead atoms. The van der Waals surface area contributed by atoms with Crippen molar-refractivity contribution in [2.24, 2.45) is 0 Å². The van der Waals surface area contributed by atoms with Gasteiger partial charge >= 0.3 is 0 Å². The summed E-state index contributed by atoms with van der Waals surface area (Å²) in [6.45, 7) is 1.47. The van der Waals surface area contributed by atoms with Gasteiger partial charge in [-0.1, -0.05) is 24.3 Å². The van der Waals surface area contributed by atoms with Crippen LogP contribution in [0.1, 0.15) is 16.9 Å². The second-order valence-corrected chi connectivity index (χ2v) is 4.81. The van der Waals surface area contributed by atoms with Crippen LogP contribution in [0.15, 0.2) is 48.5 Å². The number of carbonyl (C=O) groups excluding carboxylic acids is 1. The molecule has 0 unspecified atom stereocenters. The molecule has 22 heavy (non-hydrogen) atoms. The molecule has 6 heteroatoms. The Morgan fingerprint density at radius 2 is 1.91 bits per heavy atom. The fourth-order valence-corrected chi connectivity index (χ4v) is 2.00. The molecule has 0 aliphatic rings. The van der Waals surface area contributed by atoms with E-state index >= 15 is 0 Å². The van der Waals surface area contributed by atoms with Gasteiger partial charge in [0.05, 0.1) is 0 Å². The molecular weight excluding hydrogens is 300 g/mol. The molecule has 0 radical (unpaired) electrons. The van der Waals surface area contributed by atoms with Crippen LogP contribution in [0.2, 0.25) is 0 Å². The van der Waals surface area contributed by atoms with Crippen LogP contribution in [0.5, 0.6) is 0 Å². The Balaban J connectivity index is 0.00000242. The van der Waals surface area contributed by atoms with Crippen LogP contribution in [0.25, 0.3) is 0 Å². The number of nitrogens with one attached hydrogen (secondary N) is 1.